The van der Waals surface area contributed by atoms with Crippen molar-refractivity contribution in [1.82, 2.24) is 20.2 Å². The molecule has 0 atom stereocenters. The summed E-state index contributed by atoms with van der Waals surface area (Å²) in [6.07, 6.45) is 4.97. The molecular formula is C20H27N5O2. The zero-order chi connectivity index (χ0) is 18.9. The van der Waals surface area contributed by atoms with Gasteiger partial charge in [-0.3, -0.25) is 4.79 Å². The molecule has 27 heavy (non-hydrogen) atoms. The van der Waals surface area contributed by atoms with Crippen molar-refractivity contribution in [3.05, 3.63) is 48.3 Å². The Morgan fingerprint density at radius 2 is 1.78 bits per heavy atom. The van der Waals surface area contributed by atoms with Crippen molar-refractivity contribution >= 4 is 11.9 Å². The first-order valence-corrected chi connectivity index (χ1v) is 9.39. The molecule has 0 spiro atoms. The van der Waals surface area contributed by atoms with E-state index in [1.54, 1.807) is 19.5 Å². The van der Waals surface area contributed by atoms with Crippen LogP contribution in [0.2, 0.25) is 0 Å². The van der Waals surface area contributed by atoms with E-state index < -0.39 is 0 Å². The third-order valence-corrected chi connectivity index (χ3v) is 4.73. The van der Waals surface area contributed by atoms with Gasteiger partial charge in [0.2, 0.25) is 11.9 Å². The maximum atomic E-state index is 12.4. The number of ether oxygens (including phenoxy) is 1. The Morgan fingerprint density at radius 1 is 1.07 bits per heavy atom. The average molecular weight is 369 g/mol. The highest BCUT2D eigenvalue weighted by atomic mass is 16.5. The minimum atomic E-state index is 0.209. The van der Waals surface area contributed by atoms with Gasteiger partial charge in [-0.25, -0.2) is 9.97 Å². The average Bonchev–Trinajstić information content (AvgIpc) is 2.74. The molecule has 144 valence electrons. The molecule has 1 saturated heterocycles. The van der Waals surface area contributed by atoms with E-state index in [1.807, 2.05) is 23.1 Å². The first-order chi connectivity index (χ1) is 13.3. The molecule has 7 nitrogen and oxygen atoms in total. The molecule has 1 fully saturated rings. The lowest BCUT2D eigenvalue weighted by Crippen LogP contribution is -2.49. The van der Waals surface area contributed by atoms with Crippen LogP contribution in [0.15, 0.2) is 42.7 Å². The van der Waals surface area contributed by atoms with Crippen LogP contribution in [0.1, 0.15) is 12.0 Å². The van der Waals surface area contributed by atoms with Crippen LogP contribution in [-0.4, -0.2) is 67.2 Å². The number of rotatable bonds is 8. The van der Waals surface area contributed by atoms with Crippen LogP contribution in [0.25, 0.3) is 0 Å². The van der Waals surface area contributed by atoms with Gasteiger partial charge in [0.05, 0.1) is 7.11 Å². The molecule has 2 aromatic rings. The monoisotopic (exact) mass is 369 g/mol. The van der Waals surface area contributed by atoms with Crippen molar-refractivity contribution in [1.29, 1.82) is 0 Å². The summed E-state index contributed by atoms with van der Waals surface area (Å²) < 4.78 is 5.16. The lowest BCUT2D eigenvalue weighted by atomic mass is 10.1. The molecule has 1 aliphatic heterocycles. The topological polar surface area (TPSA) is 70.6 Å². The third-order valence-electron chi connectivity index (χ3n) is 4.73. The summed E-state index contributed by atoms with van der Waals surface area (Å²) in [4.78, 5) is 25.0. The summed E-state index contributed by atoms with van der Waals surface area (Å²) in [6, 6.07) is 9.89. The van der Waals surface area contributed by atoms with Gasteiger partial charge >= 0.3 is 0 Å². The number of carbonyl (C=O) groups excluding carboxylic acids is 1. The summed E-state index contributed by atoms with van der Waals surface area (Å²) in [5, 5.41) is 3.36. The van der Waals surface area contributed by atoms with Gasteiger partial charge in [-0.05, 0) is 36.7 Å². The number of aromatic nitrogens is 2. The smallest absolute Gasteiger partial charge is 0.225 e. The van der Waals surface area contributed by atoms with E-state index >= 15 is 0 Å². The first kappa shape index (κ1) is 19.1. The molecule has 1 aromatic heterocycles. The molecule has 1 amide bonds. The molecule has 0 bridgehead atoms. The quantitative estimate of drug-likeness (QED) is 0.709. The Bertz CT molecular complexity index is 700. The lowest BCUT2D eigenvalue weighted by molar-refractivity contribution is -0.131. The van der Waals surface area contributed by atoms with E-state index in [1.165, 1.54) is 5.56 Å². The number of anilines is 1. The Labute approximate surface area is 160 Å². The molecular weight excluding hydrogens is 342 g/mol. The highest BCUT2D eigenvalue weighted by Crippen LogP contribution is 2.12. The number of piperazine rings is 1. The molecule has 3 rings (SSSR count). The van der Waals surface area contributed by atoms with Gasteiger partial charge in [0, 0.05) is 51.5 Å². The van der Waals surface area contributed by atoms with Gasteiger partial charge in [-0.1, -0.05) is 12.1 Å². The fraction of sp³-hybridized carbons (Fsp3) is 0.450. The maximum absolute atomic E-state index is 12.4. The number of methoxy groups -OCH3 is 1. The van der Waals surface area contributed by atoms with Crippen LogP contribution in [0.5, 0.6) is 5.75 Å². The van der Waals surface area contributed by atoms with E-state index in [2.05, 4.69) is 32.3 Å². The van der Waals surface area contributed by atoms with Crippen molar-refractivity contribution in [3.8, 4) is 5.75 Å². The Morgan fingerprint density at radius 3 is 2.44 bits per heavy atom. The molecule has 1 aliphatic rings. The van der Waals surface area contributed by atoms with Crippen LogP contribution in [-0.2, 0) is 11.2 Å². The van der Waals surface area contributed by atoms with Crippen molar-refractivity contribution in [3.63, 3.8) is 0 Å². The second kappa shape index (κ2) is 9.87. The number of benzene rings is 1. The summed E-state index contributed by atoms with van der Waals surface area (Å²) in [5.74, 6) is 1.82. The normalized spacial score (nSPS) is 14.3. The summed E-state index contributed by atoms with van der Waals surface area (Å²) in [5.41, 5.74) is 1.26. The van der Waals surface area contributed by atoms with E-state index in [0.717, 1.165) is 50.8 Å². The molecule has 7 heteroatoms. The predicted octanol–water partition coefficient (Wildman–Crippen LogP) is 1.36. The standard InChI is InChI=1S/C20H27N5O2/c1-27-18-5-3-17(4-6-18)7-11-21-12-8-19(26)24-13-15-25(16-14-24)20-22-9-2-10-23-20/h2-6,9-10,21H,7-8,11-16H2,1H3. The molecule has 2 heterocycles. The highest BCUT2D eigenvalue weighted by molar-refractivity contribution is 5.76. The van der Waals surface area contributed by atoms with Gasteiger partial charge in [0.15, 0.2) is 0 Å². The number of nitrogens with one attached hydrogen (secondary N) is 1. The molecule has 0 aliphatic carbocycles. The second-order valence-electron chi connectivity index (χ2n) is 6.51. The zero-order valence-corrected chi connectivity index (χ0v) is 15.8. The fourth-order valence-corrected chi connectivity index (χ4v) is 3.11. The van der Waals surface area contributed by atoms with Gasteiger partial charge in [0.25, 0.3) is 0 Å². The largest absolute Gasteiger partial charge is 0.497 e. The minimum absolute atomic E-state index is 0.209. The van der Waals surface area contributed by atoms with E-state index in [9.17, 15) is 4.79 Å². The number of carbonyl (C=O) groups is 1. The van der Waals surface area contributed by atoms with Crippen LogP contribution < -0.4 is 15.0 Å². The summed E-state index contributed by atoms with van der Waals surface area (Å²) in [6.45, 7) is 4.57. The van der Waals surface area contributed by atoms with Crippen molar-refractivity contribution < 1.29 is 9.53 Å². The van der Waals surface area contributed by atoms with E-state index in [-0.39, 0.29) is 5.91 Å². The Balaban J connectivity index is 1.30. The molecule has 0 radical (unpaired) electrons. The van der Waals surface area contributed by atoms with Crippen LogP contribution in [0, 0.1) is 0 Å². The summed E-state index contributed by atoms with van der Waals surface area (Å²) in [7, 11) is 1.67. The van der Waals surface area contributed by atoms with Crippen LogP contribution in [0.3, 0.4) is 0 Å². The number of hydrogen-bond donors (Lipinski definition) is 1. The number of amides is 1. The van der Waals surface area contributed by atoms with E-state index in [0.29, 0.717) is 13.0 Å². The number of hydrogen-bond acceptors (Lipinski definition) is 6. The first-order valence-electron chi connectivity index (χ1n) is 9.39. The fourth-order valence-electron chi connectivity index (χ4n) is 3.11. The van der Waals surface area contributed by atoms with Gasteiger partial charge in [-0.15, -0.1) is 0 Å². The van der Waals surface area contributed by atoms with Gasteiger partial charge < -0.3 is 19.9 Å². The molecule has 1 aromatic carbocycles. The second-order valence-corrected chi connectivity index (χ2v) is 6.51. The maximum Gasteiger partial charge on any atom is 0.225 e. The van der Waals surface area contributed by atoms with Gasteiger partial charge in [-0.2, -0.15) is 0 Å². The predicted molar refractivity (Wildman–Crippen MR) is 105 cm³/mol. The molecule has 0 unspecified atom stereocenters. The van der Waals surface area contributed by atoms with E-state index in [4.69, 9.17) is 4.74 Å². The van der Waals surface area contributed by atoms with Crippen LogP contribution >= 0.6 is 0 Å². The third kappa shape index (κ3) is 5.65. The van der Waals surface area contributed by atoms with Crippen molar-refractivity contribution in [2.24, 2.45) is 0 Å². The van der Waals surface area contributed by atoms with Crippen molar-refractivity contribution in [2.45, 2.75) is 12.8 Å². The SMILES string of the molecule is COc1ccc(CCNCCC(=O)N2CCN(c3ncccn3)CC2)cc1. The van der Waals surface area contributed by atoms with Crippen LogP contribution in [0.4, 0.5) is 5.95 Å². The molecule has 1 N–H and O–H groups in total. The molecule has 0 saturated carbocycles. The van der Waals surface area contributed by atoms with Gasteiger partial charge in [0.1, 0.15) is 5.75 Å². The minimum Gasteiger partial charge on any atom is -0.497 e. The Hall–Kier alpha value is -2.67. The van der Waals surface area contributed by atoms with Crippen molar-refractivity contribution in [2.75, 3.05) is 51.3 Å². The lowest BCUT2D eigenvalue weighted by Gasteiger charge is -2.34. The summed E-state index contributed by atoms with van der Waals surface area (Å²) >= 11 is 0. The Kier molecular flexibility index (Phi) is 6.98. The number of nitrogens with zero attached hydrogens (tertiary/aromatic N) is 4. The zero-order valence-electron chi connectivity index (χ0n) is 15.8. The highest BCUT2D eigenvalue weighted by Gasteiger charge is 2.21.